The van der Waals surface area contributed by atoms with Gasteiger partial charge in [-0.3, -0.25) is 0 Å². The number of rotatable bonds is 7. The molecule has 2 unspecified atom stereocenters. The number of nitrogens with zero attached hydrogens (tertiary/aromatic N) is 2. The van der Waals surface area contributed by atoms with Crippen molar-refractivity contribution in [3.63, 3.8) is 0 Å². The number of carbonyl (C=O) groups is 1. The second-order valence-corrected chi connectivity index (χ2v) is 7.39. The molecule has 1 fully saturated rings. The summed E-state index contributed by atoms with van der Waals surface area (Å²) in [4.78, 5) is 16.8. The molecule has 1 saturated heterocycles. The first-order valence-electron chi connectivity index (χ1n) is 9.46. The van der Waals surface area contributed by atoms with Crippen molar-refractivity contribution in [2.75, 3.05) is 26.7 Å². The Balaban J connectivity index is 1.73. The van der Waals surface area contributed by atoms with Gasteiger partial charge in [-0.15, -0.1) is 0 Å². The lowest BCUT2D eigenvalue weighted by Crippen LogP contribution is -2.58. The van der Waals surface area contributed by atoms with Crippen molar-refractivity contribution in [1.82, 2.24) is 9.80 Å². The summed E-state index contributed by atoms with van der Waals surface area (Å²) < 4.78 is 5.62. The van der Waals surface area contributed by atoms with Gasteiger partial charge in [0, 0.05) is 19.0 Å². The number of methoxy groups -OCH3 is 1. The first kappa shape index (κ1) is 18.2. The minimum atomic E-state index is -1.03. The van der Waals surface area contributed by atoms with Gasteiger partial charge in [0.1, 0.15) is 6.10 Å². The Morgan fingerprint density at radius 3 is 2.76 bits per heavy atom. The molecule has 0 radical (unpaired) electrons. The molecule has 0 aromatic rings. The van der Waals surface area contributed by atoms with Gasteiger partial charge in [0.05, 0.1) is 0 Å². The second-order valence-electron chi connectivity index (χ2n) is 7.39. The number of hydrogen-bond acceptors (Lipinski definition) is 4. The van der Waals surface area contributed by atoms with E-state index in [2.05, 4.69) is 11.8 Å². The van der Waals surface area contributed by atoms with Crippen LogP contribution in [-0.2, 0) is 9.53 Å². The summed E-state index contributed by atoms with van der Waals surface area (Å²) >= 11 is 0. The van der Waals surface area contributed by atoms with Crippen LogP contribution in [-0.4, -0.2) is 59.3 Å². The smallest absolute Gasteiger partial charge is 0.333 e. The molecule has 3 aliphatic rings. The number of allylic oxidation sites excluding steroid dienone is 3. The minimum absolute atomic E-state index is 0.415. The molecule has 0 spiro atoms. The first-order chi connectivity index (χ1) is 12.1. The minimum Gasteiger partial charge on any atom is -0.479 e. The van der Waals surface area contributed by atoms with Crippen LogP contribution in [0.25, 0.3) is 0 Å². The van der Waals surface area contributed by atoms with Crippen molar-refractivity contribution in [3.8, 4) is 0 Å². The summed E-state index contributed by atoms with van der Waals surface area (Å²) in [5, 5.41) is 10.2. The Bertz CT molecular complexity index is 575. The predicted octanol–water partition coefficient (Wildman–Crippen LogP) is 3.01. The van der Waals surface area contributed by atoms with Crippen LogP contribution in [0.5, 0.6) is 0 Å². The van der Waals surface area contributed by atoms with Crippen LogP contribution in [0.1, 0.15) is 39.0 Å². The fourth-order valence-corrected chi connectivity index (χ4v) is 4.41. The number of piperidine rings is 1. The molecular weight excluding hydrogens is 316 g/mol. The Labute approximate surface area is 150 Å². The summed E-state index contributed by atoms with van der Waals surface area (Å²) in [6, 6.07) is 0. The summed E-state index contributed by atoms with van der Waals surface area (Å²) in [5.41, 5.74) is -0.0983. The number of hydrogen-bond donors (Lipinski definition) is 1. The van der Waals surface area contributed by atoms with Crippen LogP contribution < -0.4 is 0 Å². The van der Waals surface area contributed by atoms with Crippen molar-refractivity contribution in [2.24, 2.45) is 5.92 Å². The maximum absolute atomic E-state index is 12.4. The summed E-state index contributed by atoms with van der Waals surface area (Å²) in [6.07, 6.45) is 14.4. The van der Waals surface area contributed by atoms with E-state index in [9.17, 15) is 9.90 Å². The van der Waals surface area contributed by atoms with Gasteiger partial charge >= 0.3 is 5.97 Å². The molecule has 25 heavy (non-hydrogen) atoms. The van der Waals surface area contributed by atoms with Crippen LogP contribution in [0, 0.1) is 5.92 Å². The summed E-state index contributed by atoms with van der Waals surface area (Å²) in [5.74, 6) is -0.377. The zero-order chi connectivity index (χ0) is 17.9. The van der Waals surface area contributed by atoms with E-state index < -0.39 is 17.6 Å². The highest BCUT2D eigenvalue weighted by atomic mass is 16.5. The fraction of sp³-hybridized carbons (Fsp3) is 0.650. The summed E-state index contributed by atoms with van der Waals surface area (Å²) in [7, 11) is 1.61. The van der Waals surface area contributed by atoms with Crippen LogP contribution in [0.3, 0.4) is 0 Å². The van der Waals surface area contributed by atoms with E-state index in [-0.39, 0.29) is 0 Å². The number of fused-ring (bicyclic) bond motifs is 1. The van der Waals surface area contributed by atoms with Crippen molar-refractivity contribution in [2.45, 2.75) is 50.7 Å². The average Bonchev–Trinajstić information content (AvgIpc) is 2.96. The van der Waals surface area contributed by atoms with Gasteiger partial charge in [-0.05, 0) is 69.5 Å². The Hall–Kier alpha value is -1.59. The highest BCUT2D eigenvalue weighted by Gasteiger charge is 2.55. The lowest BCUT2D eigenvalue weighted by atomic mass is 9.79. The SMILES string of the molecule is CCCCN1CCC(CC2(C(=O)O)C(OC)C=C3C=CC=CN32)CC1. The quantitative estimate of drug-likeness (QED) is 0.768. The summed E-state index contributed by atoms with van der Waals surface area (Å²) in [6.45, 7) is 5.54. The zero-order valence-electron chi connectivity index (χ0n) is 15.4. The molecule has 0 aromatic carbocycles. The second kappa shape index (κ2) is 7.75. The largest absolute Gasteiger partial charge is 0.479 e. The molecule has 1 N–H and O–H groups in total. The third-order valence-electron chi connectivity index (χ3n) is 5.87. The number of carboxylic acids is 1. The molecule has 5 nitrogen and oxygen atoms in total. The average molecular weight is 346 g/mol. The maximum atomic E-state index is 12.4. The Morgan fingerprint density at radius 1 is 1.36 bits per heavy atom. The Morgan fingerprint density at radius 2 is 2.12 bits per heavy atom. The molecule has 0 amide bonds. The zero-order valence-corrected chi connectivity index (χ0v) is 15.4. The van der Waals surface area contributed by atoms with Crippen molar-refractivity contribution >= 4 is 5.97 Å². The van der Waals surface area contributed by atoms with Gasteiger partial charge in [-0.1, -0.05) is 19.4 Å². The molecule has 0 aromatic heterocycles. The van der Waals surface area contributed by atoms with Gasteiger partial charge in [0.25, 0.3) is 0 Å². The van der Waals surface area contributed by atoms with Crippen LogP contribution >= 0.6 is 0 Å². The van der Waals surface area contributed by atoms with Gasteiger partial charge < -0.3 is 19.6 Å². The third-order valence-corrected chi connectivity index (χ3v) is 5.87. The lowest BCUT2D eigenvalue weighted by molar-refractivity contribution is -0.155. The predicted molar refractivity (Wildman–Crippen MR) is 98.1 cm³/mol. The third kappa shape index (κ3) is 3.40. The van der Waals surface area contributed by atoms with E-state index in [1.54, 1.807) is 7.11 Å². The van der Waals surface area contributed by atoms with Gasteiger partial charge in [0.15, 0.2) is 5.54 Å². The molecule has 5 heteroatoms. The molecule has 3 aliphatic heterocycles. The van der Waals surface area contributed by atoms with E-state index in [1.165, 1.54) is 19.4 Å². The van der Waals surface area contributed by atoms with Crippen molar-refractivity contribution < 1.29 is 14.6 Å². The molecule has 2 atom stereocenters. The van der Waals surface area contributed by atoms with Gasteiger partial charge in [0.2, 0.25) is 0 Å². The molecule has 138 valence electrons. The molecular formula is C20H30N2O3. The van der Waals surface area contributed by atoms with Gasteiger partial charge in [-0.2, -0.15) is 0 Å². The fourth-order valence-electron chi connectivity index (χ4n) is 4.41. The number of ether oxygens (including phenoxy) is 1. The maximum Gasteiger partial charge on any atom is 0.333 e. The Kier molecular flexibility index (Phi) is 5.64. The van der Waals surface area contributed by atoms with Crippen LogP contribution in [0.15, 0.2) is 36.2 Å². The molecule has 0 saturated carbocycles. The normalized spacial score (nSPS) is 29.8. The van der Waals surface area contributed by atoms with E-state index in [0.717, 1.165) is 31.6 Å². The van der Waals surface area contributed by atoms with Crippen LogP contribution in [0.4, 0.5) is 0 Å². The highest BCUT2D eigenvalue weighted by molar-refractivity contribution is 5.82. The van der Waals surface area contributed by atoms with E-state index in [0.29, 0.717) is 12.3 Å². The number of carboxylic acid groups (broad SMARTS) is 1. The van der Waals surface area contributed by atoms with Crippen LogP contribution in [0.2, 0.25) is 0 Å². The van der Waals surface area contributed by atoms with E-state index >= 15 is 0 Å². The molecule has 0 bridgehead atoms. The number of likely N-dealkylation sites (tertiary alicyclic amines) is 1. The van der Waals surface area contributed by atoms with Crippen molar-refractivity contribution in [3.05, 3.63) is 36.2 Å². The molecule has 0 aliphatic carbocycles. The first-order valence-corrected chi connectivity index (χ1v) is 9.46. The monoisotopic (exact) mass is 346 g/mol. The number of unbranched alkanes of at least 4 members (excludes halogenated alkanes) is 1. The standard InChI is InChI=1S/C20H30N2O3/c1-3-4-10-21-12-8-16(9-13-21)15-20(19(23)24)18(25-2)14-17-7-5-6-11-22(17)20/h5-7,11,14,16,18H,3-4,8-10,12-13,15H2,1-2H3,(H,23,24). The van der Waals surface area contributed by atoms with E-state index in [4.69, 9.17) is 4.74 Å². The molecule has 3 rings (SSSR count). The lowest BCUT2D eigenvalue weighted by Gasteiger charge is -2.43. The number of aliphatic carboxylic acids is 1. The van der Waals surface area contributed by atoms with Gasteiger partial charge in [-0.25, -0.2) is 4.79 Å². The van der Waals surface area contributed by atoms with Crippen molar-refractivity contribution in [1.29, 1.82) is 0 Å². The van der Waals surface area contributed by atoms with E-state index in [1.807, 2.05) is 35.4 Å². The molecule has 3 heterocycles. The topological polar surface area (TPSA) is 53.0 Å². The highest BCUT2D eigenvalue weighted by Crippen LogP contribution is 2.43.